The molecule has 1 unspecified atom stereocenters. The highest BCUT2D eigenvalue weighted by Crippen LogP contribution is 2.19. The van der Waals surface area contributed by atoms with E-state index in [4.69, 9.17) is 4.74 Å². The molecular formula is C11H18N4O2. The molecule has 0 radical (unpaired) electrons. The van der Waals surface area contributed by atoms with Gasteiger partial charge in [0, 0.05) is 13.6 Å². The number of nitrogens with zero attached hydrogens (tertiary/aromatic N) is 4. The normalized spacial score (nSPS) is 20.8. The van der Waals surface area contributed by atoms with E-state index in [0.717, 1.165) is 37.7 Å². The van der Waals surface area contributed by atoms with Crippen LogP contribution in [0.4, 0.5) is 0 Å². The van der Waals surface area contributed by atoms with Gasteiger partial charge in [-0.2, -0.15) is 0 Å². The first kappa shape index (κ1) is 12.0. The summed E-state index contributed by atoms with van der Waals surface area (Å²) in [5.41, 5.74) is 0. The summed E-state index contributed by atoms with van der Waals surface area (Å²) in [5.74, 6) is 1.74. The van der Waals surface area contributed by atoms with Crippen LogP contribution >= 0.6 is 0 Å². The lowest BCUT2D eigenvalue weighted by molar-refractivity contribution is -0.144. The van der Waals surface area contributed by atoms with Gasteiger partial charge in [-0.3, -0.25) is 9.69 Å². The zero-order valence-electron chi connectivity index (χ0n) is 10.5. The number of aryl methyl sites for hydroxylation is 1. The molecule has 0 aliphatic carbocycles. The Labute approximate surface area is 101 Å². The number of esters is 1. The Balaban J connectivity index is 1.94. The van der Waals surface area contributed by atoms with Crippen LogP contribution in [0.1, 0.15) is 18.1 Å². The van der Waals surface area contributed by atoms with Crippen LogP contribution in [0.25, 0.3) is 0 Å². The number of rotatable bonds is 3. The van der Waals surface area contributed by atoms with E-state index in [2.05, 4.69) is 15.1 Å². The van der Waals surface area contributed by atoms with Crippen molar-refractivity contribution in [2.24, 2.45) is 13.0 Å². The molecule has 17 heavy (non-hydrogen) atoms. The monoisotopic (exact) mass is 238 g/mol. The van der Waals surface area contributed by atoms with Crippen LogP contribution in [0.5, 0.6) is 0 Å². The number of aromatic nitrogens is 3. The molecule has 1 aromatic rings. The summed E-state index contributed by atoms with van der Waals surface area (Å²) in [5, 5.41) is 8.15. The minimum Gasteiger partial charge on any atom is -0.469 e. The number of carbonyl (C=O) groups is 1. The minimum atomic E-state index is -0.110. The molecule has 1 aromatic heterocycles. The summed E-state index contributed by atoms with van der Waals surface area (Å²) in [6.45, 7) is 4.33. The highest BCUT2D eigenvalue weighted by atomic mass is 16.5. The van der Waals surface area contributed by atoms with Crippen LogP contribution in [0.3, 0.4) is 0 Å². The van der Waals surface area contributed by atoms with Crippen molar-refractivity contribution in [3.8, 4) is 0 Å². The third-order valence-electron chi connectivity index (χ3n) is 3.35. The van der Waals surface area contributed by atoms with Crippen molar-refractivity contribution in [1.29, 1.82) is 0 Å². The Morgan fingerprint density at radius 3 is 2.88 bits per heavy atom. The van der Waals surface area contributed by atoms with Gasteiger partial charge in [-0.05, 0) is 19.9 Å². The Morgan fingerprint density at radius 1 is 1.53 bits per heavy atom. The largest absolute Gasteiger partial charge is 0.469 e. The lowest BCUT2D eigenvalue weighted by atomic mass is 10.1. The second-order valence-electron chi connectivity index (χ2n) is 4.47. The standard InChI is InChI=1S/C11H18N4O2/c1-8-12-13-10(14(8)2)7-15-5-4-9(6-15)11(16)17-3/h9H,4-7H2,1-3H3. The number of hydrogen-bond donors (Lipinski definition) is 0. The lowest BCUT2D eigenvalue weighted by Gasteiger charge is -2.14. The van der Waals surface area contributed by atoms with Gasteiger partial charge in [0.05, 0.1) is 19.6 Å². The van der Waals surface area contributed by atoms with Gasteiger partial charge in [0.15, 0.2) is 0 Å². The van der Waals surface area contributed by atoms with Crippen LogP contribution in [-0.4, -0.2) is 45.8 Å². The molecule has 1 aliphatic heterocycles. The molecule has 0 saturated carbocycles. The number of likely N-dealkylation sites (tertiary alicyclic amines) is 1. The van der Waals surface area contributed by atoms with Gasteiger partial charge in [0.1, 0.15) is 11.6 Å². The molecule has 6 heteroatoms. The zero-order chi connectivity index (χ0) is 12.4. The molecule has 2 heterocycles. The predicted octanol–water partition coefficient (Wildman–Crippen LogP) is 0.118. The van der Waals surface area contributed by atoms with Crippen molar-refractivity contribution >= 4 is 5.97 Å². The molecular weight excluding hydrogens is 220 g/mol. The van der Waals surface area contributed by atoms with E-state index in [1.54, 1.807) is 0 Å². The Bertz CT molecular complexity index is 416. The molecule has 6 nitrogen and oxygen atoms in total. The van der Waals surface area contributed by atoms with Crippen molar-refractivity contribution in [2.75, 3.05) is 20.2 Å². The van der Waals surface area contributed by atoms with E-state index in [9.17, 15) is 4.79 Å². The average molecular weight is 238 g/mol. The predicted molar refractivity (Wildman–Crippen MR) is 61.1 cm³/mol. The second kappa shape index (κ2) is 4.83. The summed E-state index contributed by atoms with van der Waals surface area (Å²) in [4.78, 5) is 13.6. The van der Waals surface area contributed by atoms with Gasteiger partial charge < -0.3 is 9.30 Å². The summed E-state index contributed by atoms with van der Waals surface area (Å²) in [7, 11) is 3.40. The van der Waals surface area contributed by atoms with E-state index >= 15 is 0 Å². The van der Waals surface area contributed by atoms with Crippen molar-refractivity contribution in [2.45, 2.75) is 19.9 Å². The first-order valence-electron chi connectivity index (χ1n) is 5.77. The minimum absolute atomic E-state index is 0.00863. The molecule has 1 saturated heterocycles. The van der Waals surface area contributed by atoms with Gasteiger partial charge in [-0.25, -0.2) is 0 Å². The first-order chi connectivity index (χ1) is 8.11. The molecule has 0 aromatic carbocycles. The third kappa shape index (κ3) is 2.46. The quantitative estimate of drug-likeness (QED) is 0.700. The topological polar surface area (TPSA) is 60.2 Å². The summed E-state index contributed by atoms with van der Waals surface area (Å²) in [6, 6.07) is 0. The van der Waals surface area contributed by atoms with Gasteiger partial charge in [0.25, 0.3) is 0 Å². The van der Waals surface area contributed by atoms with Crippen LogP contribution in [0.15, 0.2) is 0 Å². The highest BCUT2D eigenvalue weighted by Gasteiger charge is 2.29. The number of ether oxygens (including phenoxy) is 1. The van der Waals surface area contributed by atoms with E-state index in [-0.39, 0.29) is 11.9 Å². The van der Waals surface area contributed by atoms with E-state index in [1.807, 2.05) is 18.5 Å². The molecule has 1 aliphatic rings. The fourth-order valence-electron chi connectivity index (χ4n) is 2.12. The fourth-order valence-corrected chi connectivity index (χ4v) is 2.12. The molecule has 0 spiro atoms. The van der Waals surface area contributed by atoms with Gasteiger partial charge in [0.2, 0.25) is 0 Å². The Hall–Kier alpha value is -1.43. The lowest BCUT2D eigenvalue weighted by Crippen LogP contribution is -2.25. The van der Waals surface area contributed by atoms with Crippen LogP contribution in [0, 0.1) is 12.8 Å². The van der Waals surface area contributed by atoms with Crippen LogP contribution < -0.4 is 0 Å². The third-order valence-corrected chi connectivity index (χ3v) is 3.35. The second-order valence-corrected chi connectivity index (χ2v) is 4.47. The number of hydrogen-bond acceptors (Lipinski definition) is 5. The Morgan fingerprint density at radius 2 is 2.29 bits per heavy atom. The maximum absolute atomic E-state index is 11.4. The summed E-state index contributed by atoms with van der Waals surface area (Å²) in [6.07, 6.45) is 0.865. The first-order valence-corrected chi connectivity index (χ1v) is 5.77. The van der Waals surface area contributed by atoms with Crippen molar-refractivity contribution in [3.63, 3.8) is 0 Å². The van der Waals surface area contributed by atoms with Gasteiger partial charge >= 0.3 is 5.97 Å². The molecule has 94 valence electrons. The maximum atomic E-state index is 11.4. The summed E-state index contributed by atoms with van der Waals surface area (Å²) >= 11 is 0. The molecule has 1 atom stereocenters. The van der Waals surface area contributed by atoms with E-state index < -0.39 is 0 Å². The van der Waals surface area contributed by atoms with E-state index in [1.165, 1.54) is 7.11 Å². The Kier molecular flexibility index (Phi) is 3.42. The smallest absolute Gasteiger partial charge is 0.310 e. The highest BCUT2D eigenvalue weighted by molar-refractivity contribution is 5.72. The molecule has 2 rings (SSSR count). The summed E-state index contributed by atoms with van der Waals surface area (Å²) < 4.78 is 6.74. The SMILES string of the molecule is COC(=O)C1CCN(Cc2nnc(C)n2C)C1. The van der Waals surface area contributed by atoms with Crippen LogP contribution in [-0.2, 0) is 23.1 Å². The average Bonchev–Trinajstić information content (AvgIpc) is 2.91. The molecule has 0 N–H and O–H groups in total. The molecule has 0 bridgehead atoms. The van der Waals surface area contributed by atoms with Gasteiger partial charge in [-0.15, -0.1) is 10.2 Å². The van der Waals surface area contributed by atoms with Crippen molar-refractivity contribution < 1.29 is 9.53 Å². The maximum Gasteiger partial charge on any atom is 0.310 e. The number of carbonyl (C=O) groups excluding carboxylic acids is 1. The van der Waals surface area contributed by atoms with Crippen molar-refractivity contribution in [3.05, 3.63) is 11.6 Å². The molecule has 1 fully saturated rings. The fraction of sp³-hybridized carbons (Fsp3) is 0.727. The zero-order valence-corrected chi connectivity index (χ0v) is 10.5. The van der Waals surface area contributed by atoms with Crippen molar-refractivity contribution in [1.82, 2.24) is 19.7 Å². The number of methoxy groups -OCH3 is 1. The van der Waals surface area contributed by atoms with E-state index in [0.29, 0.717) is 0 Å². The van der Waals surface area contributed by atoms with Crippen LogP contribution in [0.2, 0.25) is 0 Å². The molecule has 0 amide bonds. The van der Waals surface area contributed by atoms with Gasteiger partial charge in [-0.1, -0.05) is 0 Å².